The summed E-state index contributed by atoms with van der Waals surface area (Å²) in [6, 6.07) is 7.25. The number of hydrogen-bond acceptors (Lipinski definition) is 3. The Balaban J connectivity index is 1.89. The number of hydrogen-bond donors (Lipinski definition) is 1. The molecule has 0 spiro atoms. The fraction of sp³-hybridized carbons (Fsp3) is 0.538. The molecule has 1 N–H and O–H groups in total. The average molecular weight is 319 g/mol. The van der Waals surface area contributed by atoms with Crippen LogP contribution in [0.4, 0.5) is 0 Å². The van der Waals surface area contributed by atoms with Crippen LogP contribution in [-0.4, -0.2) is 38.5 Å². The van der Waals surface area contributed by atoms with Gasteiger partial charge in [0.1, 0.15) is 11.9 Å². The van der Waals surface area contributed by atoms with Gasteiger partial charge < -0.3 is 4.74 Å². The van der Waals surface area contributed by atoms with Crippen molar-refractivity contribution >= 4 is 21.8 Å². The number of rotatable bonds is 5. The minimum Gasteiger partial charge on any atom is -0.490 e. The van der Waals surface area contributed by atoms with E-state index in [-0.39, 0.29) is 6.10 Å². The lowest BCUT2D eigenvalue weighted by atomic mass is 10.1. The molecule has 0 saturated carbocycles. The molecule has 0 bridgehead atoms. The van der Waals surface area contributed by atoms with Gasteiger partial charge in [-0.3, -0.25) is 0 Å². The third-order valence-corrected chi connectivity index (χ3v) is 5.10. The molecule has 0 amide bonds. The summed E-state index contributed by atoms with van der Waals surface area (Å²) < 4.78 is 33.5. The maximum absolute atomic E-state index is 11.9. The van der Waals surface area contributed by atoms with Crippen molar-refractivity contribution in [1.29, 1.82) is 0 Å². The Hall–Kier alpha value is -0.820. The van der Waals surface area contributed by atoms with Gasteiger partial charge in [0.15, 0.2) is 0 Å². The van der Waals surface area contributed by atoms with Crippen LogP contribution in [0.1, 0.15) is 19.8 Å². The Morgan fingerprint density at radius 2 is 2.10 bits per heavy atom. The minimum absolute atomic E-state index is 0.0292. The van der Waals surface area contributed by atoms with Gasteiger partial charge in [0.25, 0.3) is 10.2 Å². The van der Waals surface area contributed by atoms with Crippen molar-refractivity contribution in [2.75, 3.05) is 19.6 Å². The van der Waals surface area contributed by atoms with E-state index in [0.29, 0.717) is 37.5 Å². The Morgan fingerprint density at radius 3 is 2.70 bits per heavy atom. The second kappa shape index (κ2) is 6.76. The number of benzene rings is 1. The van der Waals surface area contributed by atoms with Crippen molar-refractivity contribution in [2.45, 2.75) is 25.9 Å². The van der Waals surface area contributed by atoms with E-state index in [1.165, 1.54) is 4.31 Å². The third-order valence-electron chi connectivity index (χ3n) is 3.17. The smallest absolute Gasteiger partial charge is 0.279 e. The Bertz CT molecular complexity index is 542. The lowest BCUT2D eigenvalue weighted by Gasteiger charge is -2.31. The first kappa shape index (κ1) is 15.6. The molecule has 112 valence electrons. The van der Waals surface area contributed by atoms with Gasteiger partial charge in [0, 0.05) is 24.7 Å². The lowest BCUT2D eigenvalue weighted by molar-refractivity contribution is 0.134. The lowest BCUT2D eigenvalue weighted by Crippen LogP contribution is -2.46. The van der Waals surface area contributed by atoms with Crippen LogP contribution in [0.2, 0.25) is 5.02 Å². The van der Waals surface area contributed by atoms with Gasteiger partial charge in [-0.2, -0.15) is 12.7 Å². The first-order chi connectivity index (χ1) is 9.51. The summed E-state index contributed by atoms with van der Waals surface area (Å²) in [7, 11) is -3.33. The van der Waals surface area contributed by atoms with Crippen LogP contribution in [0.15, 0.2) is 24.3 Å². The number of halogens is 1. The van der Waals surface area contributed by atoms with Gasteiger partial charge in [-0.25, -0.2) is 4.72 Å². The first-order valence-electron chi connectivity index (χ1n) is 6.68. The summed E-state index contributed by atoms with van der Waals surface area (Å²) in [6.45, 7) is 3.12. The first-order valence-corrected chi connectivity index (χ1v) is 8.50. The van der Waals surface area contributed by atoms with Crippen LogP contribution in [0.5, 0.6) is 5.75 Å². The maximum atomic E-state index is 11.9. The largest absolute Gasteiger partial charge is 0.490 e. The number of nitrogens with zero attached hydrogens (tertiary/aromatic N) is 1. The average Bonchev–Trinajstić information content (AvgIpc) is 2.39. The summed E-state index contributed by atoms with van der Waals surface area (Å²) in [5.74, 6) is 0.727. The van der Waals surface area contributed by atoms with E-state index in [2.05, 4.69) is 4.72 Å². The van der Waals surface area contributed by atoms with Gasteiger partial charge in [-0.05, 0) is 31.0 Å². The van der Waals surface area contributed by atoms with Crippen LogP contribution in [0.3, 0.4) is 0 Å². The number of nitrogens with one attached hydrogen (secondary N) is 1. The van der Waals surface area contributed by atoms with Crippen molar-refractivity contribution in [2.24, 2.45) is 0 Å². The Labute approximate surface area is 125 Å². The molecule has 7 heteroatoms. The van der Waals surface area contributed by atoms with Gasteiger partial charge in [0.05, 0.1) is 0 Å². The van der Waals surface area contributed by atoms with E-state index in [1.807, 2.05) is 12.1 Å². The molecule has 0 atom stereocenters. The zero-order valence-corrected chi connectivity index (χ0v) is 13.0. The summed E-state index contributed by atoms with van der Waals surface area (Å²) in [6.07, 6.45) is 1.38. The SMILES string of the molecule is CCNS(=O)(=O)N1CCC(Oc2cccc(Cl)c2)CC1. The highest BCUT2D eigenvalue weighted by molar-refractivity contribution is 7.87. The molecule has 0 unspecified atom stereocenters. The number of ether oxygens (including phenoxy) is 1. The van der Waals surface area contributed by atoms with Gasteiger partial charge in [-0.1, -0.05) is 24.6 Å². The van der Waals surface area contributed by atoms with Gasteiger partial charge in [0.2, 0.25) is 0 Å². The van der Waals surface area contributed by atoms with E-state index in [9.17, 15) is 8.42 Å². The van der Waals surface area contributed by atoms with Crippen LogP contribution < -0.4 is 9.46 Å². The van der Waals surface area contributed by atoms with Crippen molar-refractivity contribution in [3.63, 3.8) is 0 Å². The summed E-state index contributed by atoms with van der Waals surface area (Å²) in [5, 5.41) is 0.634. The van der Waals surface area contributed by atoms with Crippen molar-refractivity contribution in [3.05, 3.63) is 29.3 Å². The zero-order chi connectivity index (χ0) is 14.6. The molecule has 20 heavy (non-hydrogen) atoms. The fourth-order valence-electron chi connectivity index (χ4n) is 2.20. The van der Waals surface area contributed by atoms with E-state index in [4.69, 9.17) is 16.3 Å². The second-order valence-corrected chi connectivity index (χ2v) is 6.87. The Morgan fingerprint density at radius 1 is 1.40 bits per heavy atom. The summed E-state index contributed by atoms with van der Waals surface area (Å²) >= 11 is 5.90. The number of piperidine rings is 1. The van der Waals surface area contributed by atoms with E-state index in [0.717, 1.165) is 5.75 Å². The quantitative estimate of drug-likeness (QED) is 0.904. The molecule has 0 radical (unpaired) electrons. The minimum atomic E-state index is -3.33. The zero-order valence-electron chi connectivity index (χ0n) is 11.4. The standard InChI is InChI=1S/C13H19ClN2O3S/c1-2-15-20(17,18)16-8-6-12(7-9-16)19-13-5-3-4-11(14)10-13/h3-5,10,12,15H,2,6-9H2,1H3. The molecular formula is C13H19ClN2O3S. The molecule has 2 rings (SSSR count). The van der Waals surface area contributed by atoms with Crippen LogP contribution in [0.25, 0.3) is 0 Å². The van der Waals surface area contributed by atoms with Gasteiger partial charge in [-0.15, -0.1) is 0 Å². The van der Waals surface area contributed by atoms with E-state index in [1.54, 1.807) is 19.1 Å². The second-order valence-electron chi connectivity index (χ2n) is 4.68. The van der Waals surface area contributed by atoms with Crippen LogP contribution >= 0.6 is 11.6 Å². The molecule has 1 aliphatic heterocycles. The maximum Gasteiger partial charge on any atom is 0.279 e. The molecule has 1 heterocycles. The van der Waals surface area contributed by atoms with E-state index >= 15 is 0 Å². The Kier molecular flexibility index (Phi) is 5.26. The van der Waals surface area contributed by atoms with Crippen molar-refractivity contribution in [1.82, 2.24) is 9.03 Å². The topological polar surface area (TPSA) is 58.6 Å². The van der Waals surface area contributed by atoms with Crippen molar-refractivity contribution < 1.29 is 13.2 Å². The molecule has 1 fully saturated rings. The normalized spacial score (nSPS) is 18.1. The molecular weight excluding hydrogens is 300 g/mol. The summed E-state index contributed by atoms with van der Waals surface area (Å²) in [4.78, 5) is 0. The third kappa shape index (κ3) is 4.09. The highest BCUT2D eigenvalue weighted by Crippen LogP contribution is 2.22. The highest BCUT2D eigenvalue weighted by Gasteiger charge is 2.28. The molecule has 0 aromatic heterocycles. The molecule has 1 aliphatic rings. The predicted octanol–water partition coefficient (Wildman–Crippen LogP) is 2.04. The summed E-state index contributed by atoms with van der Waals surface area (Å²) in [5.41, 5.74) is 0. The monoisotopic (exact) mass is 318 g/mol. The fourth-order valence-corrected chi connectivity index (χ4v) is 3.62. The predicted molar refractivity (Wildman–Crippen MR) is 79.3 cm³/mol. The molecule has 1 aromatic rings. The van der Waals surface area contributed by atoms with Gasteiger partial charge >= 0.3 is 0 Å². The van der Waals surface area contributed by atoms with E-state index < -0.39 is 10.2 Å². The molecule has 5 nitrogen and oxygen atoms in total. The van der Waals surface area contributed by atoms with Crippen LogP contribution in [0, 0.1) is 0 Å². The molecule has 0 aliphatic carbocycles. The molecule has 1 aromatic carbocycles. The van der Waals surface area contributed by atoms with Crippen LogP contribution in [-0.2, 0) is 10.2 Å². The molecule has 1 saturated heterocycles. The highest BCUT2D eigenvalue weighted by atomic mass is 35.5. The van der Waals surface area contributed by atoms with Crippen molar-refractivity contribution in [3.8, 4) is 5.75 Å².